The molecule has 1 aliphatic rings. The molecule has 4 heteroatoms. The second-order valence-electron chi connectivity index (χ2n) is 5.49. The molecular weight excluding hydrogens is 242 g/mol. The fourth-order valence-electron chi connectivity index (χ4n) is 2.45. The highest BCUT2D eigenvalue weighted by Crippen LogP contribution is 2.27. The van der Waals surface area contributed by atoms with Crippen molar-refractivity contribution in [1.82, 2.24) is 4.90 Å². The number of β-amino-alcohol motifs (C(OH)–C–C–N with tert-alkyl or cyclic N) is 1. The molecule has 1 heterocycles. The highest BCUT2D eigenvalue weighted by atomic mass is 16.5. The van der Waals surface area contributed by atoms with Gasteiger partial charge in [-0.1, -0.05) is 19.1 Å². The third-order valence-corrected chi connectivity index (χ3v) is 3.87. The molecule has 0 saturated carbocycles. The van der Waals surface area contributed by atoms with Gasteiger partial charge in [-0.15, -0.1) is 0 Å². The van der Waals surface area contributed by atoms with Crippen molar-refractivity contribution in [3.05, 3.63) is 24.3 Å². The van der Waals surface area contributed by atoms with E-state index in [2.05, 4.69) is 11.8 Å². The van der Waals surface area contributed by atoms with Crippen LogP contribution in [0.25, 0.3) is 0 Å². The van der Waals surface area contributed by atoms with Crippen molar-refractivity contribution in [1.29, 1.82) is 0 Å². The quantitative estimate of drug-likeness (QED) is 0.881. The van der Waals surface area contributed by atoms with E-state index in [1.54, 1.807) is 7.11 Å². The molecule has 0 aliphatic carbocycles. The Morgan fingerprint density at radius 2 is 2.05 bits per heavy atom. The summed E-state index contributed by atoms with van der Waals surface area (Å²) < 4.78 is 11.0. The van der Waals surface area contributed by atoms with Crippen molar-refractivity contribution in [2.45, 2.75) is 19.4 Å². The van der Waals surface area contributed by atoms with Gasteiger partial charge in [0.15, 0.2) is 11.5 Å². The molecule has 2 rings (SSSR count). The van der Waals surface area contributed by atoms with Crippen LogP contribution in [0.3, 0.4) is 0 Å². The number of hydrogen-bond acceptors (Lipinski definition) is 4. The topological polar surface area (TPSA) is 41.9 Å². The van der Waals surface area contributed by atoms with Crippen molar-refractivity contribution >= 4 is 0 Å². The summed E-state index contributed by atoms with van der Waals surface area (Å²) in [6, 6.07) is 7.64. The first kappa shape index (κ1) is 14.2. The number of aliphatic hydroxyl groups is 1. The molecule has 0 unspecified atom stereocenters. The van der Waals surface area contributed by atoms with Gasteiger partial charge in [-0.2, -0.15) is 0 Å². The van der Waals surface area contributed by atoms with E-state index in [9.17, 15) is 5.11 Å². The van der Waals surface area contributed by atoms with Gasteiger partial charge in [0.1, 0.15) is 6.61 Å². The summed E-state index contributed by atoms with van der Waals surface area (Å²) in [4.78, 5) is 2.24. The van der Waals surface area contributed by atoms with Gasteiger partial charge >= 0.3 is 0 Å². The number of rotatable bonds is 5. The molecule has 0 spiro atoms. The average Bonchev–Trinajstić information content (AvgIpc) is 2.63. The first-order chi connectivity index (χ1) is 9.03. The van der Waals surface area contributed by atoms with Crippen molar-refractivity contribution in [3.63, 3.8) is 0 Å². The van der Waals surface area contributed by atoms with E-state index in [1.165, 1.54) is 0 Å². The van der Waals surface area contributed by atoms with Crippen LogP contribution in [0.5, 0.6) is 11.5 Å². The first-order valence-corrected chi connectivity index (χ1v) is 6.73. The van der Waals surface area contributed by atoms with Gasteiger partial charge in [-0.3, -0.25) is 4.90 Å². The first-order valence-electron chi connectivity index (χ1n) is 6.73. The van der Waals surface area contributed by atoms with Gasteiger partial charge in [0, 0.05) is 19.6 Å². The van der Waals surface area contributed by atoms with Gasteiger partial charge < -0.3 is 14.6 Å². The Kier molecular flexibility index (Phi) is 4.32. The summed E-state index contributed by atoms with van der Waals surface area (Å²) in [6.07, 6.45) is 0. The normalized spacial score (nSPS) is 27.5. The number of benzene rings is 1. The maximum atomic E-state index is 10.1. The van der Waals surface area contributed by atoms with E-state index in [1.807, 2.05) is 31.2 Å². The lowest BCUT2D eigenvalue weighted by Crippen LogP contribution is -2.34. The zero-order chi connectivity index (χ0) is 13.9. The lowest BCUT2D eigenvalue weighted by Gasteiger charge is -2.21. The summed E-state index contributed by atoms with van der Waals surface area (Å²) in [5, 5.41) is 10.1. The Morgan fingerprint density at radius 3 is 2.63 bits per heavy atom. The van der Waals surface area contributed by atoms with Crippen LogP contribution in [-0.4, -0.2) is 49.0 Å². The molecule has 0 aromatic heterocycles. The number of hydrogen-bond donors (Lipinski definition) is 1. The maximum Gasteiger partial charge on any atom is 0.161 e. The molecule has 0 amide bonds. The van der Waals surface area contributed by atoms with Crippen LogP contribution in [0, 0.1) is 5.92 Å². The zero-order valence-corrected chi connectivity index (χ0v) is 11.9. The molecule has 2 atom stereocenters. The van der Waals surface area contributed by atoms with Crippen molar-refractivity contribution in [3.8, 4) is 11.5 Å². The number of ether oxygens (including phenoxy) is 2. The minimum atomic E-state index is -0.579. The Balaban J connectivity index is 1.81. The van der Waals surface area contributed by atoms with E-state index in [0.717, 1.165) is 24.6 Å². The monoisotopic (exact) mass is 265 g/mol. The molecule has 1 fully saturated rings. The smallest absolute Gasteiger partial charge is 0.161 e. The summed E-state index contributed by atoms with van der Waals surface area (Å²) in [7, 11) is 1.64. The minimum absolute atomic E-state index is 0.304. The second-order valence-corrected chi connectivity index (χ2v) is 5.49. The van der Waals surface area contributed by atoms with E-state index in [-0.39, 0.29) is 0 Å². The van der Waals surface area contributed by atoms with E-state index < -0.39 is 5.60 Å². The lowest BCUT2D eigenvalue weighted by atomic mass is 9.95. The molecule has 1 N–H and O–H groups in total. The SMILES string of the molecule is COc1ccccc1OCCN1C[C@@H](C)[C@@](C)(O)C1. The molecular formula is C15H23NO3. The van der Waals surface area contributed by atoms with E-state index in [0.29, 0.717) is 19.1 Å². The van der Waals surface area contributed by atoms with Crippen molar-refractivity contribution in [2.75, 3.05) is 33.4 Å². The molecule has 4 nitrogen and oxygen atoms in total. The average molecular weight is 265 g/mol. The fraction of sp³-hybridized carbons (Fsp3) is 0.600. The van der Waals surface area contributed by atoms with E-state index >= 15 is 0 Å². The zero-order valence-electron chi connectivity index (χ0n) is 11.9. The van der Waals surface area contributed by atoms with Crippen LogP contribution in [0.2, 0.25) is 0 Å². The summed E-state index contributed by atoms with van der Waals surface area (Å²) in [5.41, 5.74) is -0.579. The Hall–Kier alpha value is -1.26. The van der Waals surface area contributed by atoms with E-state index in [4.69, 9.17) is 9.47 Å². The lowest BCUT2D eigenvalue weighted by molar-refractivity contribution is 0.0361. The number of methoxy groups -OCH3 is 1. The van der Waals surface area contributed by atoms with Crippen molar-refractivity contribution < 1.29 is 14.6 Å². The molecule has 0 bridgehead atoms. The molecule has 1 aromatic carbocycles. The van der Waals surface area contributed by atoms with Gasteiger partial charge in [-0.05, 0) is 25.0 Å². The van der Waals surface area contributed by atoms with Gasteiger partial charge in [-0.25, -0.2) is 0 Å². The molecule has 1 aliphatic heterocycles. The third-order valence-electron chi connectivity index (χ3n) is 3.87. The predicted octanol–water partition coefficient (Wildman–Crippen LogP) is 1.78. The standard InChI is InChI=1S/C15H23NO3/c1-12-10-16(11-15(12,2)17)8-9-19-14-7-5-4-6-13(14)18-3/h4-7,12,17H,8-11H2,1-3H3/t12-,15+/m1/s1. The van der Waals surface area contributed by atoms with Gasteiger partial charge in [0.25, 0.3) is 0 Å². The highest BCUT2D eigenvalue weighted by molar-refractivity contribution is 5.39. The van der Waals surface area contributed by atoms with Crippen LogP contribution in [-0.2, 0) is 0 Å². The molecule has 19 heavy (non-hydrogen) atoms. The third kappa shape index (κ3) is 3.39. The Labute approximate surface area is 114 Å². The maximum absolute atomic E-state index is 10.1. The molecule has 1 aromatic rings. The minimum Gasteiger partial charge on any atom is -0.493 e. The largest absolute Gasteiger partial charge is 0.493 e. The van der Waals surface area contributed by atoms with Crippen LogP contribution < -0.4 is 9.47 Å². The van der Waals surface area contributed by atoms with Crippen LogP contribution >= 0.6 is 0 Å². The van der Waals surface area contributed by atoms with Gasteiger partial charge in [0.2, 0.25) is 0 Å². The molecule has 1 saturated heterocycles. The van der Waals surface area contributed by atoms with Crippen molar-refractivity contribution in [2.24, 2.45) is 5.92 Å². The highest BCUT2D eigenvalue weighted by Gasteiger charge is 2.37. The Morgan fingerprint density at radius 1 is 1.37 bits per heavy atom. The Bertz CT molecular complexity index is 420. The molecule has 0 radical (unpaired) electrons. The summed E-state index contributed by atoms with van der Waals surface area (Å²) in [6.45, 7) is 7.03. The van der Waals surface area contributed by atoms with Gasteiger partial charge in [0.05, 0.1) is 12.7 Å². The van der Waals surface area contributed by atoms with Crippen LogP contribution in [0.4, 0.5) is 0 Å². The summed E-state index contributed by atoms with van der Waals surface area (Å²) >= 11 is 0. The number of likely N-dealkylation sites (tertiary alicyclic amines) is 1. The second kappa shape index (κ2) is 5.80. The van der Waals surface area contributed by atoms with Crippen LogP contribution in [0.15, 0.2) is 24.3 Å². The van der Waals surface area contributed by atoms with Crippen LogP contribution in [0.1, 0.15) is 13.8 Å². The molecule has 106 valence electrons. The predicted molar refractivity (Wildman–Crippen MR) is 74.7 cm³/mol. The fourth-order valence-corrected chi connectivity index (χ4v) is 2.45. The number of nitrogens with zero attached hydrogens (tertiary/aromatic N) is 1. The summed E-state index contributed by atoms with van der Waals surface area (Å²) in [5.74, 6) is 1.83. The number of para-hydroxylation sites is 2.